The van der Waals surface area contributed by atoms with Gasteiger partial charge in [0.2, 0.25) is 0 Å². The Morgan fingerprint density at radius 2 is 1.94 bits per heavy atom. The normalized spacial score (nSPS) is 16.5. The molecule has 0 fully saturated rings. The zero-order chi connectivity index (χ0) is 12.8. The number of benzene rings is 1. The molecule has 0 aliphatic carbocycles. The highest BCUT2D eigenvalue weighted by Crippen LogP contribution is 2.22. The third-order valence-electron chi connectivity index (χ3n) is 3.04. The smallest absolute Gasteiger partial charge is 0.0928 e. The Balaban J connectivity index is 2.50. The number of hydrogen-bond donors (Lipinski definition) is 3. The van der Waals surface area contributed by atoms with Crippen molar-refractivity contribution in [2.75, 3.05) is 13.2 Å². The molecule has 0 saturated heterocycles. The van der Waals surface area contributed by atoms with Crippen LogP contribution in [0.4, 0.5) is 0 Å². The summed E-state index contributed by atoms with van der Waals surface area (Å²) < 4.78 is 0. The van der Waals surface area contributed by atoms with Gasteiger partial charge in [0.25, 0.3) is 0 Å². The van der Waals surface area contributed by atoms with Gasteiger partial charge in [-0.05, 0) is 18.9 Å². The molecule has 96 valence electrons. The van der Waals surface area contributed by atoms with E-state index in [-0.39, 0.29) is 18.6 Å². The minimum atomic E-state index is -0.628. The summed E-state index contributed by atoms with van der Waals surface area (Å²) in [4.78, 5) is 0. The summed E-state index contributed by atoms with van der Waals surface area (Å²) in [6, 6.07) is 7.42. The van der Waals surface area contributed by atoms with Crippen molar-refractivity contribution in [3.8, 4) is 0 Å². The van der Waals surface area contributed by atoms with Gasteiger partial charge < -0.3 is 15.5 Å². The van der Waals surface area contributed by atoms with Crippen LogP contribution < -0.4 is 5.32 Å². The number of hydrogen-bond acceptors (Lipinski definition) is 3. The Hall–Kier alpha value is -0.610. The third-order valence-corrected chi connectivity index (χ3v) is 3.38. The molecular formula is C13H20ClNO2. The fourth-order valence-corrected chi connectivity index (χ4v) is 1.77. The predicted octanol–water partition coefficient (Wildman–Crippen LogP) is 1.98. The number of aliphatic hydroxyl groups is 2. The first-order valence-corrected chi connectivity index (χ1v) is 6.20. The van der Waals surface area contributed by atoms with E-state index in [2.05, 4.69) is 5.32 Å². The standard InChI is InChI=1S/C13H20ClNO2/c1-9(8-16)10(2)15-7-13(17)11-5-3-4-6-12(11)14/h3-6,9-10,13,15-17H,7-8H2,1-2H3. The summed E-state index contributed by atoms with van der Waals surface area (Å²) in [6.45, 7) is 4.51. The maximum atomic E-state index is 10.00. The number of aliphatic hydroxyl groups excluding tert-OH is 2. The molecular weight excluding hydrogens is 238 g/mol. The van der Waals surface area contributed by atoms with Gasteiger partial charge >= 0.3 is 0 Å². The summed E-state index contributed by atoms with van der Waals surface area (Å²) in [7, 11) is 0. The van der Waals surface area contributed by atoms with E-state index in [1.807, 2.05) is 32.0 Å². The van der Waals surface area contributed by atoms with Crippen LogP contribution in [-0.2, 0) is 0 Å². The maximum absolute atomic E-state index is 10.00. The van der Waals surface area contributed by atoms with Crippen molar-refractivity contribution in [1.82, 2.24) is 5.32 Å². The van der Waals surface area contributed by atoms with Gasteiger partial charge in [-0.3, -0.25) is 0 Å². The molecule has 0 saturated carbocycles. The Bertz CT molecular complexity index is 346. The van der Waals surface area contributed by atoms with Gasteiger partial charge in [-0.2, -0.15) is 0 Å². The van der Waals surface area contributed by atoms with Gasteiger partial charge in [0.05, 0.1) is 6.10 Å². The molecule has 0 heterocycles. The third kappa shape index (κ3) is 4.28. The molecule has 3 N–H and O–H groups in total. The molecule has 0 bridgehead atoms. The Kier molecular flexibility index (Phi) is 5.92. The molecule has 1 rings (SSSR count). The predicted molar refractivity (Wildman–Crippen MR) is 70.1 cm³/mol. The van der Waals surface area contributed by atoms with Crippen molar-refractivity contribution >= 4 is 11.6 Å². The zero-order valence-corrected chi connectivity index (χ0v) is 11.0. The Morgan fingerprint density at radius 1 is 1.29 bits per heavy atom. The van der Waals surface area contributed by atoms with Gasteiger partial charge in [-0.25, -0.2) is 0 Å². The minimum absolute atomic E-state index is 0.135. The highest BCUT2D eigenvalue weighted by atomic mass is 35.5. The van der Waals surface area contributed by atoms with Crippen molar-refractivity contribution in [2.24, 2.45) is 5.92 Å². The summed E-state index contributed by atoms with van der Waals surface area (Å²) in [5.74, 6) is 0.161. The lowest BCUT2D eigenvalue weighted by Crippen LogP contribution is -2.36. The van der Waals surface area contributed by atoms with Gasteiger partial charge in [-0.1, -0.05) is 36.7 Å². The fraction of sp³-hybridized carbons (Fsp3) is 0.538. The van der Waals surface area contributed by atoms with Crippen LogP contribution in [0.1, 0.15) is 25.5 Å². The Morgan fingerprint density at radius 3 is 2.53 bits per heavy atom. The molecule has 0 aliphatic heterocycles. The summed E-state index contributed by atoms with van der Waals surface area (Å²) in [5.41, 5.74) is 0.727. The first-order valence-electron chi connectivity index (χ1n) is 5.83. The molecule has 1 aromatic rings. The van der Waals surface area contributed by atoms with Crippen LogP contribution in [0.15, 0.2) is 24.3 Å². The van der Waals surface area contributed by atoms with E-state index in [0.29, 0.717) is 11.6 Å². The largest absolute Gasteiger partial charge is 0.396 e. The molecule has 0 amide bonds. The van der Waals surface area contributed by atoms with Crippen molar-refractivity contribution < 1.29 is 10.2 Å². The molecule has 0 radical (unpaired) electrons. The van der Waals surface area contributed by atoms with E-state index in [1.54, 1.807) is 6.07 Å². The summed E-state index contributed by atoms with van der Waals surface area (Å²) in [6.07, 6.45) is -0.628. The molecule has 0 aromatic heterocycles. The van der Waals surface area contributed by atoms with E-state index in [1.165, 1.54) is 0 Å². The minimum Gasteiger partial charge on any atom is -0.396 e. The molecule has 0 spiro atoms. The van der Waals surface area contributed by atoms with Crippen molar-refractivity contribution in [2.45, 2.75) is 26.0 Å². The van der Waals surface area contributed by atoms with Gasteiger partial charge in [0.15, 0.2) is 0 Å². The van der Waals surface area contributed by atoms with Gasteiger partial charge in [-0.15, -0.1) is 0 Å². The zero-order valence-electron chi connectivity index (χ0n) is 10.2. The van der Waals surface area contributed by atoms with Crippen LogP contribution in [0.3, 0.4) is 0 Å². The maximum Gasteiger partial charge on any atom is 0.0928 e. The molecule has 3 unspecified atom stereocenters. The highest BCUT2D eigenvalue weighted by Gasteiger charge is 2.15. The number of nitrogens with one attached hydrogen (secondary N) is 1. The van der Waals surface area contributed by atoms with Crippen LogP contribution in [0.25, 0.3) is 0 Å². The summed E-state index contributed by atoms with van der Waals surface area (Å²) >= 11 is 6.00. The lowest BCUT2D eigenvalue weighted by Gasteiger charge is -2.21. The second-order valence-corrected chi connectivity index (χ2v) is 4.80. The molecule has 3 atom stereocenters. The quantitative estimate of drug-likeness (QED) is 0.731. The van der Waals surface area contributed by atoms with Crippen LogP contribution in [0.2, 0.25) is 5.02 Å². The average molecular weight is 258 g/mol. The van der Waals surface area contributed by atoms with E-state index >= 15 is 0 Å². The average Bonchev–Trinajstić information content (AvgIpc) is 2.35. The first kappa shape index (κ1) is 14.5. The van der Waals surface area contributed by atoms with E-state index in [4.69, 9.17) is 16.7 Å². The molecule has 0 aliphatic rings. The topological polar surface area (TPSA) is 52.5 Å². The van der Waals surface area contributed by atoms with Crippen LogP contribution in [0.5, 0.6) is 0 Å². The van der Waals surface area contributed by atoms with Gasteiger partial charge in [0.1, 0.15) is 0 Å². The SMILES string of the molecule is CC(CO)C(C)NCC(O)c1ccccc1Cl. The van der Waals surface area contributed by atoms with Crippen LogP contribution >= 0.6 is 11.6 Å². The number of halogens is 1. The lowest BCUT2D eigenvalue weighted by atomic mass is 10.0. The van der Waals surface area contributed by atoms with E-state index in [9.17, 15) is 5.11 Å². The summed E-state index contributed by atoms with van der Waals surface area (Å²) in [5, 5.41) is 22.8. The second-order valence-electron chi connectivity index (χ2n) is 4.39. The number of rotatable bonds is 6. The molecule has 4 heteroatoms. The van der Waals surface area contributed by atoms with E-state index < -0.39 is 6.10 Å². The fourth-order valence-electron chi connectivity index (χ4n) is 1.51. The van der Waals surface area contributed by atoms with Crippen molar-refractivity contribution in [1.29, 1.82) is 0 Å². The van der Waals surface area contributed by atoms with Gasteiger partial charge in [0, 0.05) is 29.8 Å². The van der Waals surface area contributed by atoms with Crippen molar-refractivity contribution in [3.05, 3.63) is 34.9 Å². The molecule has 3 nitrogen and oxygen atoms in total. The highest BCUT2D eigenvalue weighted by molar-refractivity contribution is 6.31. The second kappa shape index (κ2) is 6.97. The monoisotopic (exact) mass is 257 g/mol. The molecule has 17 heavy (non-hydrogen) atoms. The lowest BCUT2D eigenvalue weighted by molar-refractivity contribution is 0.155. The van der Waals surface area contributed by atoms with Crippen molar-refractivity contribution in [3.63, 3.8) is 0 Å². The first-order chi connectivity index (χ1) is 8.06. The molecule has 1 aromatic carbocycles. The van der Waals surface area contributed by atoms with Crippen LogP contribution in [-0.4, -0.2) is 29.4 Å². The Labute approximate surface area is 107 Å². The van der Waals surface area contributed by atoms with E-state index in [0.717, 1.165) is 5.56 Å². The van der Waals surface area contributed by atoms with Crippen LogP contribution in [0, 0.1) is 5.92 Å².